The summed E-state index contributed by atoms with van der Waals surface area (Å²) in [6.07, 6.45) is 4.56. The molecule has 0 aliphatic carbocycles. The number of hydrogen-bond acceptors (Lipinski definition) is 10. The zero-order valence-corrected chi connectivity index (χ0v) is 32.5. The predicted octanol–water partition coefficient (Wildman–Crippen LogP) is 4.78. The molecule has 1 aromatic carbocycles. The SMILES string of the molecule is C=C1N[C@]2(O)C[C@H](O1)[C@@H](C)[C@@H]1O[C@@]1(C)[C@@H](OC(=O)C(C)N(C)C(=O)COCC(=O)CC)CC(=O)N(C)c1cc(cc(C)c1Cl)C/C(C)=C/C=C/[C@H]2C. The van der Waals surface area contributed by atoms with Crippen molar-refractivity contribution in [3.8, 4) is 0 Å². The summed E-state index contributed by atoms with van der Waals surface area (Å²) in [5.41, 5.74) is 0.837. The van der Waals surface area contributed by atoms with Gasteiger partial charge >= 0.3 is 5.97 Å². The summed E-state index contributed by atoms with van der Waals surface area (Å²) < 4.78 is 23.7. The summed E-state index contributed by atoms with van der Waals surface area (Å²) in [5, 5.41) is 15.2. The lowest BCUT2D eigenvalue weighted by Crippen LogP contribution is -2.57. The van der Waals surface area contributed by atoms with Gasteiger partial charge in [-0.3, -0.25) is 14.4 Å². The van der Waals surface area contributed by atoms with Crippen LogP contribution < -0.4 is 10.2 Å². The van der Waals surface area contributed by atoms with E-state index in [2.05, 4.69) is 11.9 Å². The number of nitrogens with zero attached hydrogens (tertiary/aromatic N) is 2. The number of ether oxygens (including phenoxy) is 4. The van der Waals surface area contributed by atoms with Gasteiger partial charge in [0.1, 0.15) is 42.8 Å². The lowest BCUT2D eigenvalue weighted by atomic mass is 9.82. The highest BCUT2D eigenvalue weighted by Gasteiger charge is 2.64. The molecule has 12 nitrogen and oxygen atoms in total. The topological polar surface area (TPSA) is 147 Å². The predicted molar refractivity (Wildman–Crippen MR) is 197 cm³/mol. The largest absolute Gasteiger partial charge is 0.476 e. The summed E-state index contributed by atoms with van der Waals surface area (Å²) in [5.74, 6) is -2.21. The van der Waals surface area contributed by atoms with Gasteiger partial charge in [0.15, 0.2) is 11.7 Å². The number of rotatable bonds is 8. The highest BCUT2D eigenvalue weighted by atomic mass is 35.5. The molecule has 2 N–H and O–H groups in total. The van der Waals surface area contributed by atoms with E-state index in [0.717, 1.165) is 16.7 Å². The van der Waals surface area contributed by atoms with Crippen LogP contribution in [0.5, 0.6) is 0 Å². The average molecular weight is 744 g/mol. The molecule has 4 bridgehead atoms. The van der Waals surface area contributed by atoms with Crippen LogP contribution in [0, 0.1) is 18.8 Å². The number of carbonyl (C=O) groups excluding carboxylic acids is 4. The molecule has 1 aromatic rings. The Bertz CT molecular complexity index is 1630. The molecule has 0 spiro atoms. The van der Waals surface area contributed by atoms with Crippen molar-refractivity contribution < 1.29 is 43.2 Å². The number of epoxide rings is 1. The Kier molecular flexibility index (Phi) is 13.1. The van der Waals surface area contributed by atoms with Crippen molar-refractivity contribution in [1.82, 2.24) is 10.2 Å². The van der Waals surface area contributed by atoms with Crippen LogP contribution >= 0.6 is 11.6 Å². The normalized spacial score (nSPS) is 31.6. The zero-order chi connectivity index (χ0) is 38.7. The molecule has 3 aliphatic rings. The van der Waals surface area contributed by atoms with E-state index in [4.69, 9.17) is 30.5 Å². The number of aryl methyl sites for hydroxylation is 1. The Morgan fingerprint density at radius 2 is 1.92 bits per heavy atom. The molecule has 2 fully saturated rings. The number of anilines is 1. The lowest BCUT2D eigenvalue weighted by molar-refractivity contribution is -0.163. The number of hydrogen-bond donors (Lipinski definition) is 2. The maximum Gasteiger partial charge on any atom is 0.328 e. The monoisotopic (exact) mass is 743 g/mol. The first-order valence-corrected chi connectivity index (χ1v) is 18.2. The second-order valence-electron chi connectivity index (χ2n) is 14.7. The quantitative estimate of drug-likeness (QED) is 0.282. The Hall–Kier alpha value is -3.71. The molecule has 0 radical (unpaired) electrons. The first kappa shape index (κ1) is 41.1. The van der Waals surface area contributed by atoms with E-state index in [0.29, 0.717) is 17.1 Å². The van der Waals surface area contributed by atoms with Crippen LogP contribution in [0.1, 0.15) is 71.9 Å². The summed E-state index contributed by atoms with van der Waals surface area (Å²) in [7, 11) is 3.07. The van der Waals surface area contributed by atoms with Crippen LogP contribution in [0.2, 0.25) is 5.02 Å². The van der Waals surface area contributed by atoms with Crippen molar-refractivity contribution in [3.63, 3.8) is 0 Å². The number of ketones is 1. The summed E-state index contributed by atoms with van der Waals surface area (Å²) in [6, 6.07) is 2.81. The molecule has 8 atom stereocenters. The van der Waals surface area contributed by atoms with Gasteiger partial charge in [-0.15, -0.1) is 0 Å². The molecule has 286 valence electrons. The second-order valence-corrected chi connectivity index (χ2v) is 15.0. The van der Waals surface area contributed by atoms with Crippen molar-refractivity contribution in [2.75, 3.05) is 32.2 Å². The fourth-order valence-corrected chi connectivity index (χ4v) is 6.96. The third kappa shape index (κ3) is 9.25. The third-order valence-corrected chi connectivity index (χ3v) is 11.1. The Labute approximate surface area is 312 Å². The van der Waals surface area contributed by atoms with Crippen LogP contribution in [-0.4, -0.2) is 96.6 Å². The van der Waals surface area contributed by atoms with Crippen LogP contribution in [0.15, 0.2) is 48.4 Å². The van der Waals surface area contributed by atoms with Crippen molar-refractivity contribution in [3.05, 3.63) is 64.5 Å². The van der Waals surface area contributed by atoms with Gasteiger partial charge in [-0.1, -0.05) is 62.2 Å². The molecule has 0 saturated carbocycles. The highest BCUT2D eigenvalue weighted by Crippen LogP contribution is 2.49. The maximum absolute atomic E-state index is 14.1. The van der Waals surface area contributed by atoms with Crippen LogP contribution in [-0.2, 0) is 44.5 Å². The Morgan fingerprint density at radius 1 is 1.23 bits per heavy atom. The van der Waals surface area contributed by atoms with E-state index in [1.54, 1.807) is 20.9 Å². The van der Waals surface area contributed by atoms with E-state index in [9.17, 15) is 24.3 Å². The summed E-state index contributed by atoms with van der Waals surface area (Å²) >= 11 is 6.77. The van der Waals surface area contributed by atoms with Crippen molar-refractivity contribution >= 4 is 40.9 Å². The van der Waals surface area contributed by atoms with E-state index >= 15 is 0 Å². The van der Waals surface area contributed by atoms with Crippen molar-refractivity contribution in [2.24, 2.45) is 11.8 Å². The molecule has 1 unspecified atom stereocenters. The van der Waals surface area contributed by atoms with Gasteiger partial charge in [-0.25, -0.2) is 4.79 Å². The van der Waals surface area contributed by atoms with Gasteiger partial charge in [-0.05, 0) is 57.9 Å². The summed E-state index contributed by atoms with van der Waals surface area (Å²) in [4.78, 5) is 54.9. The number of aliphatic hydroxyl groups is 1. The molecule has 2 amide bonds. The van der Waals surface area contributed by atoms with E-state index in [1.165, 1.54) is 23.8 Å². The van der Waals surface area contributed by atoms with Crippen LogP contribution in [0.4, 0.5) is 5.69 Å². The number of fused-ring (bicyclic) bond motifs is 5. The van der Waals surface area contributed by atoms with Crippen molar-refractivity contribution in [2.45, 2.75) is 110 Å². The standard InChI is InChI=1S/C39H54ClN3O9/c1-11-29(44)20-49-21-34(46)42(9)26(6)37(47)51-32-18-33(45)43(10)30-17-28(16-23(3)35(30)40)15-22(2)13-12-14-24(4)39(48)19-31(50-27(7)41-39)25(5)36-38(32,8)52-36/h12-14,16-17,24-26,31-32,36,41,48H,7,11,15,18-21H2,1-6,8-10H3/b14-12+,22-13+/t24-,25-,26?,31+,32+,36+,38+,39+/m1/s1. The zero-order valence-electron chi connectivity index (χ0n) is 31.8. The highest BCUT2D eigenvalue weighted by molar-refractivity contribution is 6.34. The number of carbonyl (C=O) groups is 4. The fourth-order valence-electron chi connectivity index (χ4n) is 6.73. The average Bonchev–Trinajstić information content (AvgIpc) is 3.78. The Balaban J connectivity index is 1.68. The lowest BCUT2D eigenvalue weighted by Gasteiger charge is -2.44. The number of halogens is 1. The summed E-state index contributed by atoms with van der Waals surface area (Å²) in [6.45, 7) is 16.1. The number of esters is 1. The molecule has 3 aliphatic heterocycles. The second kappa shape index (κ2) is 16.5. The number of likely N-dealkylation sites (N-methyl/N-ethyl adjacent to an activating group) is 1. The molecular formula is C39H54ClN3O9. The molecule has 0 aromatic heterocycles. The minimum Gasteiger partial charge on any atom is -0.476 e. The molecule has 3 heterocycles. The van der Waals surface area contributed by atoms with E-state index in [1.807, 2.05) is 58.1 Å². The minimum absolute atomic E-state index is 0.147. The number of amides is 2. The molecule has 2 saturated heterocycles. The van der Waals surface area contributed by atoms with Gasteiger partial charge in [0, 0.05) is 38.8 Å². The van der Waals surface area contributed by atoms with Gasteiger partial charge in [0.2, 0.25) is 11.8 Å². The fraction of sp³-hybridized carbons (Fsp3) is 0.590. The van der Waals surface area contributed by atoms with E-state index in [-0.39, 0.29) is 61.9 Å². The number of allylic oxidation sites excluding steroid dienone is 3. The van der Waals surface area contributed by atoms with E-state index < -0.39 is 47.6 Å². The maximum atomic E-state index is 14.1. The van der Waals surface area contributed by atoms with Crippen LogP contribution in [0.3, 0.4) is 0 Å². The minimum atomic E-state index is -1.37. The Morgan fingerprint density at radius 3 is 2.60 bits per heavy atom. The van der Waals surface area contributed by atoms with Gasteiger partial charge in [0.25, 0.3) is 0 Å². The van der Waals surface area contributed by atoms with Gasteiger partial charge in [0.05, 0.1) is 23.2 Å². The first-order chi connectivity index (χ1) is 24.3. The molecule has 13 heteroatoms. The third-order valence-electron chi connectivity index (χ3n) is 10.6. The molecular weight excluding hydrogens is 690 g/mol. The smallest absolute Gasteiger partial charge is 0.328 e. The number of nitrogens with one attached hydrogen (secondary N) is 1. The number of Topliss-reactive ketones (excluding diaryl/α,β-unsaturated/α-hetero) is 1. The van der Waals surface area contributed by atoms with Gasteiger partial charge < -0.3 is 39.2 Å². The number of benzene rings is 1. The van der Waals surface area contributed by atoms with Crippen LogP contribution in [0.25, 0.3) is 0 Å². The molecule has 4 rings (SSSR count). The van der Waals surface area contributed by atoms with Gasteiger partial charge in [-0.2, -0.15) is 0 Å². The molecule has 52 heavy (non-hydrogen) atoms. The first-order valence-electron chi connectivity index (χ1n) is 17.8. The van der Waals surface area contributed by atoms with Crippen molar-refractivity contribution in [1.29, 1.82) is 0 Å².